The van der Waals surface area contributed by atoms with Gasteiger partial charge in [0.1, 0.15) is 6.10 Å². The van der Waals surface area contributed by atoms with Crippen molar-refractivity contribution in [2.75, 3.05) is 24.5 Å². The Labute approximate surface area is 181 Å². The number of carbonyl (C=O) groups is 2. The molecule has 0 aliphatic carbocycles. The average Bonchev–Trinajstić information content (AvgIpc) is 3.13. The lowest BCUT2D eigenvalue weighted by Crippen LogP contribution is -2.57. The normalized spacial score (nSPS) is 19.0. The molecular formula is C25H25N3O3. The molecule has 1 atom stereocenters. The number of pyridine rings is 1. The summed E-state index contributed by atoms with van der Waals surface area (Å²) >= 11 is 0. The third kappa shape index (κ3) is 3.74. The van der Waals surface area contributed by atoms with E-state index in [1.165, 1.54) is 5.56 Å². The van der Waals surface area contributed by atoms with Crippen LogP contribution in [0.5, 0.6) is 5.88 Å². The zero-order valence-electron chi connectivity index (χ0n) is 17.7. The summed E-state index contributed by atoms with van der Waals surface area (Å²) < 4.78 is 5.96. The highest BCUT2D eigenvalue weighted by atomic mass is 16.5. The predicted molar refractivity (Wildman–Crippen MR) is 119 cm³/mol. The van der Waals surface area contributed by atoms with Gasteiger partial charge in [-0.15, -0.1) is 0 Å². The third-order valence-corrected chi connectivity index (χ3v) is 6.30. The molecule has 0 spiro atoms. The predicted octanol–water partition coefficient (Wildman–Crippen LogP) is 3.49. The van der Waals surface area contributed by atoms with Crippen molar-refractivity contribution >= 4 is 28.4 Å². The van der Waals surface area contributed by atoms with E-state index in [2.05, 4.69) is 4.98 Å². The smallest absolute Gasteiger partial charge is 0.228 e. The largest absolute Gasteiger partial charge is 0.471 e. The van der Waals surface area contributed by atoms with E-state index in [0.717, 1.165) is 22.2 Å². The lowest BCUT2D eigenvalue weighted by Gasteiger charge is -2.39. The van der Waals surface area contributed by atoms with Gasteiger partial charge in [0.15, 0.2) is 0 Å². The van der Waals surface area contributed by atoms with Crippen molar-refractivity contribution < 1.29 is 14.3 Å². The summed E-state index contributed by atoms with van der Waals surface area (Å²) in [4.78, 5) is 33.5. The first-order chi connectivity index (χ1) is 15.0. The van der Waals surface area contributed by atoms with E-state index >= 15 is 0 Å². The maximum absolute atomic E-state index is 12.9. The minimum Gasteiger partial charge on any atom is -0.471 e. The number of aryl methyl sites for hydroxylation is 2. The second-order valence-corrected chi connectivity index (χ2v) is 8.50. The number of carbonyl (C=O) groups excluding carboxylic acids is 2. The van der Waals surface area contributed by atoms with Crippen LogP contribution in [-0.2, 0) is 9.59 Å². The van der Waals surface area contributed by atoms with Gasteiger partial charge in [-0.2, -0.15) is 0 Å². The first kappa shape index (κ1) is 19.5. The zero-order valence-corrected chi connectivity index (χ0v) is 17.7. The van der Waals surface area contributed by atoms with E-state index < -0.39 is 0 Å². The molecule has 0 saturated carbocycles. The Hall–Kier alpha value is -3.41. The Bertz CT molecular complexity index is 1170. The molecule has 31 heavy (non-hydrogen) atoms. The molecule has 5 rings (SSSR count). The molecule has 0 N–H and O–H groups in total. The van der Waals surface area contributed by atoms with Gasteiger partial charge in [0, 0.05) is 30.1 Å². The summed E-state index contributed by atoms with van der Waals surface area (Å²) in [5.41, 5.74) is 4.10. The van der Waals surface area contributed by atoms with Crippen molar-refractivity contribution in [2.45, 2.75) is 26.4 Å². The second-order valence-electron chi connectivity index (χ2n) is 8.50. The van der Waals surface area contributed by atoms with E-state index in [4.69, 9.17) is 4.74 Å². The number of rotatable bonds is 4. The van der Waals surface area contributed by atoms with E-state index in [1.807, 2.05) is 68.4 Å². The van der Waals surface area contributed by atoms with Gasteiger partial charge in [0.25, 0.3) is 0 Å². The molecule has 2 amide bonds. The highest BCUT2D eigenvalue weighted by Gasteiger charge is 2.41. The molecule has 2 aliphatic heterocycles. The number of nitrogens with zero attached hydrogens (tertiary/aromatic N) is 3. The molecule has 6 nitrogen and oxygen atoms in total. The van der Waals surface area contributed by atoms with Crippen molar-refractivity contribution in [1.29, 1.82) is 0 Å². The van der Waals surface area contributed by atoms with Crippen LogP contribution in [0.3, 0.4) is 0 Å². The highest BCUT2D eigenvalue weighted by molar-refractivity contribution is 6.00. The molecule has 6 heteroatoms. The summed E-state index contributed by atoms with van der Waals surface area (Å²) in [6.45, 7) is 5.58. The summed E-state index contributed by atoms with van der Waals surface area (Å²) in [7, 11) is 0. The molecule has 0 radical (unpaired) electrons. The molecule has 3 aromatic rings. The van der Waals surface area contributed by atoms with Crippen LogP contribution in [0.15, 0.2) is 54.6 Å². The van der Waals surface area contributed by atoms with Gasteiger partial charge in [-0.25, -0.2) is 4.98 Å². The third-order valence-electron chi connectivity index (χ3n) is 6.30. The Morgan fingerprint density at radius 3 is 2.61 bits per heavy atom. The van der Waals surface area contributed by atoms with E-state index in [0.29, 0.717) is 25.5 Å². The number of hydrogen-bond acceptors (Lipinski definition) is 4. The van der Waals surface area contributed by atoms with Gasteiger partial charge in [-0.1, -0.05) is 24.3 Å². The number of anilines is 1. The highest BCUT2D eigenvalue weighted by Crippen LogP contribution is 2.29. The molecule has 1 unspecified atom stereocenters. The van der Waals surface area contributed by atoms with Crippen LogP contribution in [0.1, 0.15) is 17.5 Å². The molecule has 0 bridgehead atoms. The Morgan fingerprint density at radius 1 is 1.00 bits per heavy atom. The monoisotopic (exact) mass is 415 g/mol. The van der Waals surface area contributed by atoms with Crippen LogP contribution in [0.2, 0.25) is 0 Å². The van der Waals surface area contributed by atoms with Gasteiger partial charge in [-0.05, 0) is 49.2 Å². The molecule has 1 aromatic heterocycles. The molecular weight excluding hydrogens is 390 g/mol. The summed E-state index contributed by atoms with van der Waals surface area (Å²) in [6.07, 6.45) is 0.200. The minimum absolute atomic E-state index is 0.00953. The number of hydrogen-bond donors (Lipinski definition) is 0. The van der Waals surface area contributed by atoms with Crippen LogP contribution >= 0.6 is 0 Å². The van der Waals surface area contributed by atoms with Crippen LogP contribution in [-0.4, -0.2) is 47.4 Å². The van der Waals surface area contributed by atoms with Gasteiger partial charge in [0.2, 0.25) is 17.7 Å². The van der Waals surface area contributed by atoms with Crippen LogP contribution in [0.4, 0.5) is 5.69 Å². The minimum atomic E-state index is -0.297. The van der Waals surface area contributed by atoms with Gasteiger partial charge < -0.3 is 14.5 Å². The van der Waals surface area contributed by atoms with Crippen molar-refractivity contribution in [1.82, 2.24) is 9.88 Å². The number of ether oxygens (including phenoxy) is 1. The van der Waals surface area contributed by atoms with Gasteiger partial charge in [-0.3, -0.25) is 9.59 Å². The van der Waals surface area contributed by atoms with E-state index in [1.54, 1.807) is 9.80 Å². The first-order valence-corrected chi connectivity index (χ1v) is 10.7. The summed E-state index contributed by atoms with van der Waals surface area (Å²) in [6, 6.07) is 17.8. The number of likely N-dealkylation sites (tertiary alicyclic amines) is 1. The van der Waals surface area contributed by atoms with Crippen LogP contribution in [0.25, 0.3) is 10.9 Å². The Morgan fingerprint density at radius 2 is 1.81 bits per heavy atom. The van der Waals surface area contributed by atoms with Crippen molar-refractivity contribution in [3.63, 3.8) is 0 Å². The van der Waals surface area contributed by atoms with Crippen molar-refractivity contribution in [3.8, 4) is 5.88 Å². The topological polar surface area (TPSA) is 62.7 Å². The summed E-state index contributed by atoms with van der Waals surface area (Å²) in [5, 5.41) is 1.07. The maximum Gasteiger partial charge on any atom is 0.228 e. The van der Waals surface area contributed by atoms with E-state index in [9.17, 15) is 9.59 Å². The van der Waals surface area contributed by atoms with Gasteiger partial charge in [0.05, 0.1) is 24.5 Å². The number of amides is 2. The fourth-order valence-electron chi connectivity index (χ4n) is 4.25. The Kier molecular flexibility index (Phi) is 4.85. The molecule has 2 saturated heterocycles. The van der Waals surface area contributed by atoms with Crippen LogP contribution in [0, 0.1) is 19.8 Å². The molecule has 158 valence electrons. The van der Waals surface area contributed by atoms with E-state index in [-0.39, 0.29) is 30.3 Å². The molecule has 2 aliphatic rings. The average molecular weight is 415 g/mol. The Balaban J connectivity index is 1.18. The molecule has 2 aromatic carbocycles. The van der Waals surface area contributed by atoms with Crippen molar-refractivity contribution in [3.05, 3.63) is 65.7 Å². The number of para-hydroxylation sites is 1. The molecule has 2 fully saturated rings. The number of fused-ring (bicyclic) bond motifs is 1. The fraction of sp³-hybridized carbons (Fsp3) is 0.320. The van der Waals surface area contributed by atoms with Crippen LogP contribution < -0.4 is 9.64 Å². The number of aromatic nitrogens is 1. The SMILES string of the molecule is Cc1ccc(N2CC(C(=O)N3CC(Oc4ccc5ccccc5n4)C3)CC2=O)cc1C. The maximum atomic E-state index is 12.9. The van der Waals surface area contributed by atoms with Gasteiger partial charge >= 0.3 is 0 Å². The standard InChI is InChI=1S/C25H25N3O3/c1-16-7-9-20(11-17(16)2)28-13-19(12-24(28)29)25(30)27-14-21(15-27)31-23-10-8-18-5-3-4-6-22(18)26-23/h3-11,19,21H,12-15H2,1-2H3. The van der Waals surface area contributed by atoms with Crippen molar-refractivity contribution in [2.24, 2.45) is 5.92 Å². The lowest BCUT2D eigenvalue weighted by atomic mass is 10.0. The zero-order chi connectivity index (χ0) is 21.5. The fourth-order valence-corrected chi connectivity index (χ4v) is 4.25. The molecule has 3 heterocycles. The number of benzene rings is 2. The quantitative estimate of drug-likeness (QED) is 0.654. The first-order valence-electron chi connectivity index (χ1n) is 10.7. The lowest BCUT2D eigenvalue weighted by molar-refractivity contribution is -0.144. The second kappa shape index (κ2) is 7.69. The summed E-state index contributed by atoms with van der Waals surface area (Å²) in [5.74, 6) is 0.322.